The van der Waals surface area contributed by atoms with Crippen LogP contribution in [-0.4, -0.2) is 70.7 Å². The molecular formula is C29H39N5O. The molecule has 4 fully saturated rings. The minimum Gasteiger partial charge on any atom is -0.355 e. The lowest BCUT2D eigenvalue weighted by Gasteiger charge is -2.50. The maximum atomic E-state index is 12.8. The van der Waals surface area contributed by atoms with Crippen molar-refractivity contribution in [3.63, 3.8) is 0 Å². The highest BCUT2D eigenvalue weighted by Crippen LogP contribution is 2.43. The van der Waals surface area contributed by atoms with E-state index in [1.54, 1.807) is 0 Å². The van der Waals surface area contributed by atoms with E-state index < -0.39 is 0 Å². The Balaban J connectivity index is 1.04. The number of anilines is 1. The number of carbonyl (C=O) groups is 1. The highest BCUT2D eigenvalue weighted by molar-refractivity contribution is 5.95. The van der Waals surface area contributed by atoms with Gasteiger partial charge >= 0.3 is 0 Å². The lowest BCUT2D eigenvalue weighted by Crippen LogP contribution is -2.51. The van der Waals surface area contributed by atoms with Crippen LogP contribution in [0.4, 0.5) is 5.82 Å². The average molecular weight is 474 g/mol. The number of hydrogen-bond acceptors (Lipinski definition) is 5. The smallest absolute Gasteiger partial charge is 0.254 e. The van der Waals surface area contributed by atoms with Crippen molar-refractivity contribution in [2.24, 2.45) is 5.41 Å². The summed E-state index contributed by atoms with van der Waals surface area (Å²) in [6.45, 7) is 7.79. The molecule has 0 bridgehead atoms. The Kier molecular flexibility index (Phi) is 6.25. The van der Waals surface area contributed by atoms with Gasteiger partial charge in [0.05, 0.1) is 5.69 Å². The first-order valence-corrected chi connectivity index (χ1v) is 13.8. The van der Waals surface area contributed by atoms with E-state index >= 15 is 0 Å². The summed E-state index contributed by atoms with van der Waals surface area (Å²) in [5.41, 5.74) is 3.17. The molecule has 1 atom stereocenters. The number of carbonyl (C=O) groups excluding carboxylic acids is 1. The van der Waals surface area contributed by atoms with Gasteiger partial charge in [-0.2, -0.15) is 0 Å². The highest BCUT2D eigenvalue weighted by atomic mass is 16.2. The number of likely N-dealkylation sites (tertiary alicyclic amines) is 2. The summed E-state index contributed by atoms with van der Waals surface area (Å²) in [6.07, 6.45) is 11.8. The van der Waals surface area contributed by atoms with E-state index in [9.17, 15) is 4.79 Å². The van der Waals surface area contributed by atoms with Crippen molar-refractivity contribution in [1.82, 2.24) is 20.0 Å². The van der Waals surface area contributed by atoms with Crippen LogP contribution in [0.25, 0.3) is 11.3 Å². The standard InChI is InChI=1S/C29H39N5O/c1-22-4-3-17-34(22)28(35)24-9-7-23(8-10-24)26-11-12-27(31-30-26)33-20-15-29(16-21-33)13-18-32(19-14-29)25-5-2-6-25/h7-12,22,25H,2-6,13-21H2,1H3. The summed E-state index contributed by atoms with van der Waals surface area (Å²) in [4.78, 5) is 20.0. The van der Waals surface area contributed by atoms with Crippen LogP contribution in [0.2, 0.25) is 0 Å². The molecule has 1 aromatic carbocycles. The van der Waals surface area contributed by atoms with Crippen molar-refractivity contribution in [3.05, 3.63) is 42.0 Å². The minimum atomic E-state index is 0.138. The molecule has 3 saturated heterocycles. The normalized spacial score (nSPS) is 25.1. The number of amides is 1. The number of piperidine rings is 2. The molecule has 1 aromatic heterocycles. The molecule has 0 radical (unpaired) electrons. The van der Waals surface area contributed by atoms with E-state index in [0.717, 1.165) is 61.2 Å². The van der Waals surface area contributed by atoms with E-state index in [1.165, 1.54) is 58.0 Å². The number of benzene rings is 1. The summed E-state index contributed by atoms with van der Waals surface area (Å²) in [5.74, 6) is 1.13. The van der Waals surface area contributed by atoms with Gasteiger partial charge in [-0.1, -0.05) is 18.6 Å². The fourth-order valence-electron chi connectivity index (χ4n) is 6.66. The minimum absolute atomic E-state index is 0.138. The van der Waals surface area contributed by atoms with Crippen LogP contribution in [0.1, 0.15) is 75.1 Å². The summed E-state index contributed by atoms with van der Waals surface area (Å²) < 4.78 is 0. The van der Waals surface area contributed by atoms with E-state index in [2.05, 4.69) is 39.1 Å². The zero-order chi connectivity index (χ0) is 23.8. The van der Waals surface area contributed by atoms with Gasteiger partial charge in [-0.25, -0.2) is 0 Å². The van der Waals surface area contributed by atoms with Crippen LogP contribution >= 0.6 is 0 Å². The Morgan fingerprint density at radius 1 is 0.829 bits per heavy atom. The second-order valence-corrected chi connectivity index (χ2v) is 11.5. The third kappa shape index (κ3) is 4.57. The Hall–Kier alpha value is -2.47. The van der Waals surface area contributed by atoms with Crippen molar-refractivity contribution in [3.8, 4) is 11.3 Å². The molecule has 1 aliphatic carbocycles. The van der Waals surface area contributed by atoms with Crippen molar-refractivity contribution in [1.29, 1.82) is 0 Å². The molecule has 4 heterocycles. The summed E-state index contributed by atoms with van der Waals surface area (Å²) in [6, 6.07) is 13.3. The maximum absolute atomic E-state index is 12.8. The number of nitrogens with zero attached hydrogens (tertiary/aromatic N) is 5. The third-order valence-corrected chi connectivity index (χ3v) is 9.49. The molecule has 6 heteroatoms. The van der Waals surface area contributed by atoms with Gasteiger partial charge in [0.2, 0.25) is 0 Å². The summed E-state index contributed by atoms with van der Waals surface area (Å²) >= 11 is 0. The lowest BCUT2D eigenvalue weighted by molar-refractivity contribution is 0.0305. The van der Waals surface area contributed by atoms with Gasteiger partial charge in [-0.15, -0.1) is 10.2 Å². The summed E-state index contributed by atoms with van der Waals surface area (Å²) in [7, 11) is 0. The molecule has 6 rings (SSSR count). The lowest BCUT2D eigenvalue weighted by atomic mass is 9.70. The zero-order valence-electron chi connectivity index (χ0n) is 21.2. The van der Waals surface area contributed by atoms with Crippen molar-refractivity contribution in [2.45, 2.75) is 76.8 Å². The zero-order valence-corrected chi connectivity index (χ0v) is 21.2. The second kappa shape index (κ2) is 9.53. The quantitative estimate of drug-likeness (QED) is 0.625. The molecule has 1 unspecified atom stereocenters. The van der Waals surface area contributed by atoms with Gasteiger partial charge in [-0.3, -0.25) is 4.79 Å². The third-order valence-electron chi connectivity index (χ3n) is 9.49. The molecule has 1 spiro atoms. The predicted molar refractivity (Wildman–Crippen MR) is 140 cm³/mol. The van der Waals surface area contributed by atoms with Crippen molar-refractivity contribution in [2.75, 3.05) is 37.6 Å². The Bertz CT molecular complexity index is 1010. The molecule has 3 aliphatic heterocycles. The van der Waals surface area contributed by atoms with Crippen LogP contribution in [0.3, 0.4) is 0 Å². The number of rotatable bonds is 4. The number of aromatic nitrogens is 2. The van der Waals surface area contributed by atoms with Gasteiger partial charge in [0, 0.05) is 42.8 Å². The second-order valence-electron chi connectivity index (χ2n) is 11.5. The Labute approximate surface area is 209 Å². The van der Waals surface area contributed by atoms with Gasteiger partial charge < -0.3 is 14.7 Å². The first-order chi connectivity index (χ1) is 17.1. The molecule has 4 aliphatic rings. The number of hydrogen-bond donors (Lipinski definition) is 0. The molecule has 35 heavy (non-hydrogen) atoms. The molecule has 0 N–H and O–H groups in total. The van der Waals surface area contributed by atoms with E-state index in [4.69, 9.17) is 0 Å². The molecule has 186 valence electrons. The van der Waals surface area contributed by atoms with Gasteiger partial charge in [0.25, 0.3) is 5.91 Å². The van der Waals surface area contributed by atoms with Gasteiger partial charge in [0.1, 0.15) is 0 Å². The molecule has 1 amide bonds. The molecule has 6 nitrogen and oxygen atoms in total. The summed E-state index contributed by atoms with van der Waals surface area (Å²) in [5, 5.41) is 9.13. The Morgan fingerprint density at radius 3 is 2.11 bits per heavy atom. The van der Waals surface area contributed by atoms with Crippen LogP contribution in [0.5, 0.6) is 0 Å². The maximum Gasteiger partial charge on any atom is 0.254 e. The van der Waals surface area contributed by atoms with Crippen LogP contribution in [-0.2, 0) is 0 Å². The van der Waals surface area contributed by atoms with Crippen molar-refractivity contribution < 1.29 is 4.79 Å². The fraction of sp³-hybridized carbons (Fsp3) is 0.621. The predicted octanol–water partition coefficient (Wildman–Crippen LogP) is 5.00. The van der Waals surface area contributed by atoms with Crippen molar-refractivity contribution >= 4 is 11.7 Å². The largest absolute Gasteiger partial charge is 0.355 e. The van der Waals surface area contributed by atoms with E-state index in [1.807, 2.05) is 29.2 Å². The molecule has 1 saturated carbocycles. The molecular weight excluding hydrogens is 434 g/mol. The first-order valence-electron chi connectivity index (χ1n) is 13.8. The molecule has 2 aromatic rings. The fourth-order valence-corrected chi connectivity index (χ4v) is 6.66. The van der Waals surface area contributed by atoms with Crippen LogP contribution < -0.4 is 4.90 Å². The average Bonchev–Trinajstić information content (AvgIpc) is 3.30. The first kappa shape index (κ1) is 23.0. The van der Waals surface area contributed by atoms with Crippen LogP contribution in [0.15, 0.2) is 36.4 Å². The monoisotopic (exact) mass is 473 g/mol. The Morgan fingerprint density at radius 2 is 1.54 bits per heavy atom. The van der Waals surface area contributed by atoms with E-state index in [-0.39, 0.29) is 5.91 Å². The van der Waals surface area contributed by atoms with E-state index in [0.29, 0.717) is 11.5 Å². The SMILES string of the molecule is CC1CCCN1C(=O)c1ccc(-c2ccc(N3CCC4(CC3)CCN(C3CCC3)CC4)nn2)cc1. The topological polar surface area (TPSA) is 52.6 Å². The highest BCUT2D eigenvalue weighted by Gasteiger charge is 2.40. The van der Waals surface area contributed by atoms with Gasteiger partial charge in [-0.05, 0) is 101 Å². The van der Waals surface area contributed by atoms with Crippen LogP contribution in [0, 0.1) is 5.41 Å². The van der Waals surface area contributed by atoms with Gasteiger partial charge in [0.15, 0.2) is 5.82 Å².